The summed E-state index contributed by atoms with van der Waals surface area (Å²) in [6.45, 7) is 2.12. The second kappa shape index (κ2) is 9.72. The van der Waals surface area contributed by atoms with Crippen LogP contribution in [0.1, 0.15) is 6.42 Å². The lowest BCUT2D eigenvalue weighted by atomic mass is 10.2. The Balaban J connectivity index is 1.45. The van der Waals surface area contributed by atoms with Crippen molar-refractivity contribution in [1.29, 1.82) is 0 Å². The molecule has 0 saturated carbocycles. The minimum Gasteiger partial charge on any atom is -0.469 e. The van der Waals surface area contributed by atoms with E-state index in [1.54, 1.807) is 35.2 Å². The monoisotopic (exact) mass is 452 g/mol. The number of anilines is 3. The van der Waals surface area contributed by atoms with Gasteiger partial charge in [0.2, 0.25) is 5.91 Å². The Morgan fingerprint density at radius 3 is 2.42 bits per heavy atom. The van der Waals surface area contributed by atoms with Gasteiger partial charge in [0, 0.05) is 43.6 Å². The van der Waals surface area contributed by atoms with Gasteiger partial charge in [0.15, 0.2) is 0 Å². The summed E-state index contributed by atoms with van der Waals surface area (Å²) in [5, 5.41) is 3.11. The molecule has 0 unspecified atom stereocenters. The summed E-state index contributed by atoms with van der Waals surface area (Å²) < 4.78 is 17.9. The molecule has 1 saturated heterocycles. The highest BCUT2D eigenvalue weighted by Gasteiger charge is 2.28. The maximum Gasteiger partial charge on any atom is 0.311 e. The molecule has 0 aromatic heterocycles. The summed E-state index contributed by atoms with van der Waals surface area (Å²) in [5.74, 6) is -1.30. The molecule has 172 valence electrons. The van der Waals surface area contributed by atoms with Gasteiger partial charge in [-0.2, -0.15) is 0 Å². The summed E-state index contributed by atoms with van der Waals surface area (Å²) in [7, 11) is 1.29. The summed E-state index contributed by atoms with van der Waals surface area (Å²) in [6.07, 6.45) is 1.25. The number of benzene rings is 2. The van der Waals surface area contributed by atoms with Crippen LogP contribution in [0.4, 0.5) is 21.5 Å². The van der Waals surface area contributed by atoms with E-state index in [1.165, 1.54) is 30.2 Å². The number of hydrogen-bond acceptors (Lipinski definition) is 6. The van der Waals surface area contributed by atoms with Gasteiger partial charge in [-0.1, -0.05) is 12.1 Å². The summed E-state index contributed by atoms with van der Waals surface area (Å²) in [5.41, 5.74) is 2.51. The van der Waals surface area contributed by atoms with E-state index >= 15 is 0 Å². The topological polar surface area (TPSA) is 82.2 Å². The van der Waals surface area contributed by atoms with Crippen LogP contribution in [0.25, 0.3) is 0 Å². The molecule has 2 amide bonds. The van der Waals surface area contributed by atoms with Crippen molar-refractivity contribution in [2.24, 2.45) is 0 Å². The molecule has 2 aromatic carbocycles. The first kappa shape index (κ1) is 22.3. The largest absolute Gasteiger partial charge is 0.469 e. The molecule has 4 rings (SSSR count). The van der Waals surface area contributed by atoms with E-state index < -0.39 is 5.97 Å². The number of nitrogens with one attached hydrogen (secondary N) is 1. The van der Waals surface area contributed by atoms with E-state index in [1.807, 2.05) is 6.07 Å². The third kappa shape index (κ3) is 5.14. The molecule has 2 aromatic rings. The molecule has 0 aliphatic carbocycles. The first-order valence-corrected chi connectivity index (χ1v) is 10.7. The molecular weight excluding hydrogens is 427 g/mol. The summed E-state index contributed by atoms with van der Waals surface area (Å²) >= 11 is 0. The van der Waals surface area contributed by atoms with Crippen molar-refractivity contribution in [3.05, 3.63) is 66.1 Å². The number of fused-ring (bicyclic) bond motifs is 1. The van der Waals surface area contributed by atoms with E-state index in [9.17, 15) is 18.8 Å². The highest BCUT2D eigenvalue weighted by Crippen LogP contribution is 2.30. The molecule has 0 atom stereocenters. The molecule has 0 radical (unpaired) electrons. The van der Waals surface area contributed by atoms with Gasteiger partial charge in [0.05, 0.1) is 24.9 Å². The predicted molar refractivity (Wildman–Crippen MR) is 122 cm³/mol. The molecule has 33 heavy (non-hydrogen) atoms. The van der Waals surface area contributed by atoms with Gasteiger partial charge in [-0.05, 0) is 36.4 Å². The molecule has 8 nitrogen and oxygen atoms in total. The van der Waals surface area contributed by atoms with Crippen LogP contribution in [-0.2, 0) is 19.1 Å². The van der Waals surface area contributed by atoms with Gasteiger partial charge in [0.1, 0.15) is 12.4 Å². The smallest absolute Gasteiger partial charge is 0.311 e. The van der Waals surface area contributed by atoms with Gasteiger partial charge >= 0.3 is 5.97 Å². The zero-order chi connectivity index (χ0) is 23.4. The Hall–Kier alpha value is -3.88. The molecule has 0 bridgehead atoms. The van der Waals surface area contributed by atoms with E-state index in [4.69, 9.17) is 4.74 Å². The number of ether oxygens (including phenoxy) is 1. The number of carbonyl (C=O) groups is 3. The maximum absolute atomic E-state index is 13.2. The highest BCUT2D eigenvalue weighted by atomic mass is 19.1. The van der Waals surface area contributed by atoms with Gasteiger partial charge in [-0.25, -0.2) is 4.39 Å². The number of nitrogens with zero attached hydrogens (tertiary/aromatic N) is 3. The fourth-order valence-electron chi connectivity index (χ4n) is 3.96. The van der Waals surface area contributed by atoms with Gasteiger partial charge in [0.25, 0.3) is 5.91 Å². The van der Waals surface area contributed by atoms with Crippen molar-refractivity contribution in [3.8, 4) is 0 Å². The Kier molecular flexibility index (Phi) is 6.58. The van der Waals surface area contributed by atoms with E-state index in [0.717, 1.165) is 5.69 Å². The van der Waals surface area contributed by atoms with E-state index in [-0.39, 0.29) is 30.6 Å². The number of rotatable bonds is 5. The number of para-hydroxylation sites is 2. The third-order valence-electron chi connectivity index (χ3n) is 5.73. The predicted octanol–water partition coefficient (Wildman–Crippen LogP) is 2.38. The van der Waals surface area contributed by atoms with Crippen LogP contribution in [0.15, 0.2) is 60.3 Å². The SMILES string of the molecule is COC(=O)CC1=CC(=O)N(CC(=O)N2CCN(c3ccc(F)cc3)CC2)c2ccccc2N1. The molecule has 2 heterocycles. The highest BCUT2D eigenvalue weighted by molar-refractivity contribution is 6.09. The van der Waals surface area contributed by atoms with Gasteiger partial charge < -0.3 is 19.9 Å². The number of hydrogen-bond donors (Lipinski definition) is 1. The number of esters is 1. The van der Waals surface area contributed by atoms with E-state index in [2.05, 4.69) is 10.2 Å². The molecule has 1 fully saturated rings. The number of piperazine rings is 1. The lowest BCUT2D eigenvalue weighted by Gasteiger charge is -2.37. The maximum atomic E-state index is 13.2. The average molecular weight is 452 g/mol. The standard InChI is InChI=1S/C24H25FN4O4/c1-33-24(32)15-18-14-22(30)29(21-5-3-2-4-20(21)26-18)16-23(31)28-12-10-27(11-13-28)19-8-6-17(25)7-9-19/h2-9,14,26H,10-13,15-16H2,1H3. The number of methoxy groups -OCH3 is 1. The van der Waals surface area contributed by atoms with Gasteiger partial charge in [-0.15, -0.1) is 0 Å². The van der Waals surface area contributed by atoms with Crippen molar-refractivity contribution >= 4 is 34.8 Å². The van der Waals surface area contributed by atoms with Crippen molar-refractivity contribution in [3.63, 3.8) is 0 Å². The Bertz CT molecular complexity index is 1080. The molecule has 0 spiro atoms. The Morgan fingerprint density at radius 1 is 1.03 bits per heavy atom. The summed E-state index contributed by atoms with van der Waals surface area (Å²) in [6, 6.07) is 13.4. The van der Waals surface area contributed by atoms with Crippen molar-refractivity contribution in [1.82, 2.24) is 4.90 Å². The minimum absolute atomic E-state index is 0.0797. The minimum atomic E-state index is -0.470. The van der Waals surface area contributed by atoms with Gasteiger partial charge in [-0.3, -0.25) is 19.3 Å². The summed E-state index contributed by atoms with van der Waals surface area (Å²) in [4.78, 5) is 43.0. The van der Waals surface area contributed by atoms with Crippen LogP contribution in [-0.4, -0.2) is 62.5 Å². The van der Waals surface area contributed by atoms with Crippen LogP contribution < -0.4 is 15.1 Å². The number of halogens is 1. The lowest BCUT2D eigenvalue weighted by molar-refractivity contribution is -0.139. The Morgan fingerprint density at radius 2 is 1.73 bits per heavy atom. The quantitative estimate of drug-likeness (QED) is 0.702. The van der Waals surface area contributed by atoms with Crippen LogP contribution in [0, 0.1) is 5.82 Å². The van der Waals surface area contributed by atoms with Crippen LogP contribution in [0.2, 0.25) is 0 Å². The second-order valence-corrected chi connectivity index (χ2v) is 7.83. The third-order valence-corrected chi connectivity index (χ3v) is 5.73. The molecular formula is C24H25FN4O4. The molecule has 9 heteroatoms. The van der Waals surface area contributed by atoms with Crippen molar-refractivity contribution in [2.45, 2.75) is 6.42 Å². The first-order chi connectivity index (χ1) is 15.9. The fraction of sp³-hybridized carbons (Fsp3) is 0.292. The second-order valence-electron chi connectivity index (χ2n) is 7.83. The molecule has 1 N–H and O–H groups in total. The van der Waals surface area contributed by atoms with E-state index in [0.29, 0.717) is 43.3 Å². The van der Waals surface area contributed by atoms with Crippen LogP contribution in [0.3, 0.4) is 0 Å². The van der Waals surface area contributed by atoms with Crippen LogP contribution in [0.5, 0.6) is 0 Å². The average Bonchev–Trinajstić information content (AvgIpc) is 2.95. The lowest BCUT2D eigenvalue weighted by Crippen LogP contribution is -2.51. The van der Waals surface area contributed by atoms with Crippen LogP contribution >= 0.6 is 0 Å². The normalized spacial score (nSPS) is 15.9. The molecule has 2 aliphatic rings. The first-order valence-electron chi connectivity index (χ1n) is 10.7. The zero-order valence-electron chi connectivity index (χ0n) is 18.3. The number of carbonyl (C=O) groups excluding carboxylic acids is 3. The fourth-order valence-corrected chi connectivity index (χ4v) is 3.96. The number of amides is 2. The van der Waals surface area contributed by atoms with Crippen molar-refractivity contribution in [2.75, 3.05) is 55.0 Å². The van der Waals surface area contributed by atoms with Crippen molar-refractivity contribution < 1.29 is 23.5 Å². The molecule has 2 aliphatic heterocycles. The Labute approximate surface area is 191 Å². The zero-order valence-corrected chi connectivity index (χ0v) is 18.3.